The molecule has 0 radical (unpaired) electrons. The summed E-state index contributed by atoms with van der Waals surface area (Å²) in [6.45, 7) is 0. The van der Waals surface area contributed by atoms with Crippen LogP contribution in [0, 0.1) is 0 Å². The van der Waals surface area contributed by atoms with Crippen molar-refractivity contribution in [3.05, 3.63) is 64.7 Å². The minimum Gasteiger partial charge on any atom is -0.493 e. The second-order valence-electron chi connectivity index (χ2n) is 7.95. The molecule has 1 atom stereocenters. The van der Waals surface area contributed by atoms with Crippen LogP contribution in [0.4, 0.5) is 5.69 Å². The molecule has 1 N–H and O–H groups in total. The van der Waals surface area contributed by atoms with Gasteiger partial charge in [0.05, 0.1) is 20.5 Å². The van der Waals surface area contributed by atoms with Gasteiger partial charge in [0, 0.05) is 22.7 Å². The van der Waals surface area contributed by atoms with Crippen LogP contribution in [0.2, 0.25) is 0 Å². The number of thiophene rings is 1. The highest BCUT2D eigenvalue weighted by Gasteiger charge is 2.36. The normalized spacial score (nSPS) is 15.0. The number of rotatable bonds is 8. The second-order valence-corrected chi connectivity index (χ2v) is 8.93. The van der Waals surface area contributed by atoms with Gasteiger partial charge in [-0.25, -0.2) is 0 Å². The molecule has 1 aromatic carbocycles. The molecule has 33 heavy (non-hydrogen) atoms. The Morgan fingerprint density at radius 1 is 1.06 bits per heavy atom. The second kappa shape index (κ2) is 10.6. The number of nitrogens with one attached hydrogen (secondary N) is 1. The number of methoxy groups -OCH3 is 2. The van der Waals surface area contributed by atoms with Gasteiger partial charge in [0.25, 0.3) is 5.91 Å². The Kier molecular flexibility index (Phi) is 7.34. The van der Waals surface area contributed by atoms with Crippen molar-refractivity contribution in [1.82, 2.24) is 5.32 Å². The lowest BCUT2D eigenvalue weighted by Gasteiger charge is -2.32. The number of amides is 2. The van der Waals surface area contributed by atoms with Crippen LogP contribution in [-0.2, 0) is 4.79 Å². The van der Waals surface area contributed by atoms with Gasteiger partial charge in [0.1, 0.15) is 0 Å². The standard InChI is InChI=1S/C25H28N2O5S/c1-30-19-13-12-18(16-21(19)31-2)27(25(29)20-10-6-14-32-20)23(22-11-7-15-33-22)24(28)26-17-8-4-3-5-9-17/h6-7,10-17,23H,3-5,8-9H2,1-2H3,(H,26,28)/t23-/m0/s1. The van der Waals surface area contributed by atoms with E-state index in [1.165, 1.54) is 36.0 Å². The Labute approximate surface area is 197 Å². The maximum Gasteiger partial charge on any atom is 0.295 e. The Morgan fingerprint density at radius 3 is 2.48 bits per heavy atom. The maximum absolute atomic E-state index is 13.7. The first-order valence-electron chi connectivity index (χ1n) is 11.0. The van der Waals surface area contributed by atoms with Crippen molar-refractivity contribution in [3.8, 4) is 11.5 Å². The fraction of sp³-hybridized carbons (Fsp3) is 0.360. The minimum absolute atomic E-state index is 0.111. The molecule has 2 aromatic heterocycles. The first-order chi connectivity index (χ1) is 16.1. The molecule has 2 amide bonds. The summed E-state index contributed by atoms with van der Waals surface area (Å²) in [5.41, 5.74) is 0.506. The summed E-state index contributed by atoms with van der Waals surface area (Å²) in [5, 5.41) is 5.10. The Morgan fingerprint density at radius 2 is 1.85 bits per heavy atom. The molecule has 2 heterocycles. The zero-order chi connectivity index (χ0) is 23.2. The Balaban J connectivity index is 1.78. The van der Waals surface area contributed by atoms with Crippen LogP contribution in [0.3, 0.4) is 0 Å². The number of benzene rings is 1. The number of anilines is 1. The number of carbonyl (C=O) groups excluding carboxylic acids is 2. The molecule has 0 spiro atoms. The molecule has 7 nitrogen and oxygen atoms in total. The molecule has 0 saturated heterocycles. The molecular formula is C25H28N2O5S. The average molecular weight is 469 g/mol. The summed E-state index contributed by atoms with van der Waals surface area (Å²) in [4.78, 5) is 29.6. The zero-order valence-corrected chi connectivity index (χ0v) is 19.6. The fourth-order valence-corrected chi connectivity index (χ4v) is 5.04. The number of furan rings is 1. The molecule has 3 aromatic rings. The van der Waals surface area contributed by atoms with Gasteiger partial charge in [-0.05, 0) is 48.6 Å². The number of ether oxygens (including phenoxy) is 2. The van der Waals surface area contributed by atoms with Gasteiger partial charge in [-0.1, -0.05) is 25.3 Å². The molecular weight excluding hydrogens is 440 g/mol. The molecule has 1 aliphatic carbocycles. The van der Waals surface area contributed by atoms with E-state index in [0.717, 1.165) is 30.6 Å². The van der Waals surface area contributed by atoms with Crippen LogP contribution in [0.5, 0.6) is 11.5 Å². The Bertz CT molecular complexity index is 1060. The third-order valence-corrected chi connectivity index (χ3v) is 6.79. The SMILES string of the molecule is COc1ccc(N(C(=O)c2ccco2)[C@H](C(=O)NC2CCCCC2)c2cccs2)cc1OC. The highest BCUT2D eigenvalue weighted by Crippen LogP contribution is 2.37. The molecule has 0 unspecified atom stereocenters. The highest BCUT2D eigenvalue weighted by molar-refractivity contribution is 7.10. The van der Waals surface area contributed by atoms with Crippen molar-refractivity contribution in [2.75, 3.05) is 19.1 Å². The number of carbonyl (C=O) groups is 2. The van der Waals surface area contributed by atoms with Crippen LogP contribution in [0.25, 0.3) is 0 Å². The van der Waals surface area contributed by atoms with E-state index in [1.54, 1.807) is 37.4 Å². The summed E-state index contributed by atoms with van der Waals surface area (Å²) in [5.74, 6) is 0.524. The van der Waals surface area contributed by atoms with Gasteiger partial charge in [-0.15, -0.1) is 11.3 Å². The zero-order valence-electron chi connectivity index (χ0n) is 18.8. The van der Waals surface area contributed by atoms with Crippen molar-refractivity contribution in [3.63, 3.8) is 0 Å². The molecule has 0 bridgehead atoms. The van der Waals surface area contributed by atoms with E-state index < -0.39 is 11.9 Å². The van der Waals surface area contributed by atoms with E-state index >= 15 is 0 Å². The quantitative estimate of drug-likeness (QED) is 0.492. The lowest BCUT2D eigenvalue weighted by Crippen LogP contribution is -2.47. The van der Waals surface area contributed by atoms with Gasteiger partial charge in [-0.3, -0.25) is 14.5 Å². The van der Waals surface area contributed by atoms with Gasteiger partial charge in [0.2, 0.25) is 5.91 Å². The molecule has 1 aliphatic rings. The predicted molar refractivity (Wildman–Crippen MR) is 127 cm³/mol. The summed E-state index contributed by atoms with van der Waals surface area (Å²) >= 11 is 1.44. The van der Waals surface area contributed by atoms with Crippen LogP contribution >= 0.6 is 11.3 Å². The third-order valence-electron chi connectivity index (χ3n) is 5.87. The van der Waals surface area contributed by atoms with Crippen molar-refractivity contribution in [2.24, 2.45) is 0 Å². The first-order valence-corrected chi connectivity index (χ1v) is 11.9. The first kappa shape index (κ1) is 22.9. The average Bonchev–Trinajstić information content (AvgIpc) is 3.57. The molecule has 1 fully saturated rings. The van der Waals surface area contributed by atoms with Gasteiger partial charge in [-0.2, -0.15) is 0 Å². The molecule has 174 valence electrons. The minimum atomic E-state index is -0.859. The maximum atomic E-state index is 13.7. The van der Waals surface area contributed by atoms with E-state index in [2.05, 4.69) is 5.32 Å². The van der Waals surface area contributed by atoms with Gasteiger partial charge in [0.15, 0.2) is 23.3 Å². The number of nitrogens with zero attached hydrogens (tertiary/aromatic N) is 1. The van der Waals surface area contributed by atoms with E-state index in [1.807, 2.05) is 17.5 Å². The summed E-state index contributed by atoms with van der Waals surface area (Å²) in [6, 6.07) is 11.4. The van der Waals surface area contributed by atoms with Crippen molar-refractivity contribution in [2.45, 2.75) is 44.2 Å². The van der Waals surface area contributed by atoms with Crippen molar-refractivity contribution < 1.29 is 23.5 Å². The van der Waals surface area contributed by atoms with E-state index in [-0.39, 0.29) is 17.7 Å². The van der Waals surface area contributed by atoms with Crippen LogP contribution in [0.1, 0.15) is 53.6 Å². The van der Waals surface area contributed by atoms with Crippen LogP contribution in [0.15, 0.2) is 58.5 Å². The lowest BCUT2D eigenvalue weighted by atomic mass is 9.95. The van der Waals surface area contributed by atoms with Crippen LogP contribution in [-0.4, -0.2) is 32.1 Å². The molecule has 4 rings (SSSR count). The largest absolute Gasteiger partial charge is 0.493 e. The monoisotopic (exact) mass is 468 g/mol. The van der Waals surface area contributed by atoms with Crippen LogP contribution < -0.4 is 19.7 Å². The highest BCUT2D eigenvalue weighted by atomic mass is 32.1. The van der Waals surface area contributed by atoms with E-state index in [4.69, 9.17) is 13.9 Å². The Hall–Kier alpha value is -3.26. The van der Waals surface area contributed by atoms with Gasteiger partial charge >= 0.3 is 0 Å². The summed E-state index contributed by atoms with van der Waals surface area (Å²) < 4.78 is 16.2. The molecule has 8 heteroatoms. The summed E-state index contributed by atoms with van der Waals surface area (Å²) in [6.07, 6.45) is 6.73. The fourth-order valence-electron chi connectivity index (χ4n) is 4.22. The lowest BCUT2D eigenvalue weighted by molar-refractivity contribution is -0.123. The predicted octanol–water partition coefficient (Wildman–Crippen LogP) is 5.20. The van der Waals surface area contributed by atoms with Gasteiger partial charge < -0.3 is 19.2 Å². The van der Waals surface area contributed by atoms with E-state index in [9.17, 15) is 9.59 Å². The third kappa shape index (κ3) is 5.06. The van der Waals surface area contributed by atoms with Crippen molar-refractivity contribution in [1.29, 1.82) is 0 Å². The molecule has 1 saturated carbocycles. The number of hydrogen-bond donors (Lipinski definition) is 1. The topological polar surface area (TPSA) is 81.0 Å². The smallest absolute Gasteiger partial charge is 0.295 e. The number of hydrogen-bond acceptors (Lipinski definition) is 6. The van der Waals surface area contributed by atoms with E-state index in [0.29, 0.717) is 17.2 Å². The molecule has 0 aliphatic heterocycles. The summed E-state index contributed by atoms with van der Waals surface area (Å²) in [7, 11) is 3.09. The van der Waals surface area contributed by atoms with Crippen molar-refractivity contribution >= 4 is 28.8 Å².